The molecule has 1 saturated heterocycles. The Balaban J connectivity index is 3.17. The molecule has 2 amide bonds. The predicted molar refractivity (Wildman–Crippen MR) is 47.8 cm³/mol. The maximum Gasteiger partial charge on any atom is 0.327 e. The highest BCUT2D eigenvalue weighted by Gasteiger charge is 2.57. The van der Waals surface area contributed by atoms with Gasteiger partial charge in [0.1, 0.15) is 0 Å². The van der Waals surface area contributed by atoms with E-state index < -0.39 is 17.3 Å². The monoisotopic (exact) mass is 207 g/mol. The first kappa shape index (κ1) is 10.6. The summed E-state index contributed by atoms with van der Waals surface area (Å²) in [5.41, 5.74) is -2.10. The van der Waals surface area contributed by atoms with E-state index in [0.717, 1.165) is 4.42 Å². The standard InChI is InChI=1S/C7H12ClN2O3/c1-6(2)7(3,13-4)9(8)5(11)10(6)12/h1-4H3/q-1. The van der Waals surface area contributed by atoms with Crippen molar-refractivity contribution in [2.45, 2.75) is 32.0 Å². The van der Waals surface area contributed by atoms with Gasteiger partial charge in [0.15, 0.2) is 5.72 Å². The van der Waals surface area contributed by atoms with Crippen molar-refractivity contribution in [2.75, 3.05) is 7.11 Å². The number of hydrogen-bond acceptors (Lipinski definition) is 3. The van der Waals surface area contributed by atoms with Crippen molar-refractivity contribution in [1.29, 1.82) is 0 Å². The number of carbonyl (C=O) groups excluding carboxylic acids is 1. The molecule has 1 fully saturated rings. The summed E-state index contributed by atoms with van der Waals surface area (Å²) >= 11 is 5.67. The number of rotatable bonds is 1. The molecule has 76 valence electrons. The molecular formula is C7H12ClN2O3-. The molecule has 0 radical (unpaired) electrons. The summed E-state index contributed by atoms with van der Waals surface area (Å²) in [6.45, 7) is 4.80. The second-order valence-corrected chi connectivity index (χ2v) is 3.94. The minimum atomic E-state index is -1.10. The predicted octanol–water partition coefficient (Wildman–Crippen LogP) is 1.52. The van der Waals surface area contributed by atoms with Crippen LogP contribution >= 0.6 is 11.8 Å². The van der Waals surface area contributed by atoms with Crippen LogP contribution in [0.5, 0.6) is 0 Å². The quantitative estimate of drug-likeness (QED) is 0.613. The van der Waals surface area contributed by atoms with Gasteiger partial charge in [-0.1, -0.05) is 0 Å². The van der Waals surface area contributed by atoms with Crippen molar-refractivity contribution in [1.82, 2.24) is 9.48 Å². The highest BCUT2D eigenvalue weighted by molar-refractivity contribution is 6.22. The first-order valence-corrected chi connectivity index (χ1v) is 4.15. The first-order chi connectivity index (χ1) is 5.79. The van der Waals surface area contributed by atoms with Gasteiger partial charge in [0.2, 0.25) is 0 Å². The van der Waals surface area contributed by atoms with Gasteiger partial charge in [0.25, 0.3) is 0 Å². The van der Waals surface area contributed by atoms with Gasteiger partial charge in [-0.05, 0) is 20.8 Å². The lowest BCUT2D eigenvalue weighted by Crippen LogP contribution is -2.54. The molecule has 1 unspecified atom stereocenters. The highest BCUT2D eigenvalue weighted by atomic mass is 35.5. The van der Waals surface area contributed by atoms with Gasteiger partial charge in [-0.15, -0.1) is 0 Å². The lowest BCUT2D eigenvalue weighted by molar-refractivity contribution is -0.102. The zero-order chi connectivity index (χ0) is 10.4. The second-order valence-electron chi connectivity index (χ2n) is 3.60. The Morgan fingerprint density at radius 3 is 2.08 bits per heavy atom. The van der Waals surface area contributed by atoms with Crippen LogP contribution in [-0.2, 0) is 4.74 Å². The minimum Gasteiger partial charge on any atom is -0.754 e. The van der Waals surface area contributed by atoms with Crippen LogP contribution in [0.25, 0.3) is 0 Å². The van der Waals surface area contributed by atoms with Gasteiger partial charge in [0, 0.05) is 18.9 Å². The summed E-state index contributed by atoms with van der Waals surface area (Å²) in [5.74, 6) is 0. The van der Waals surface area contributed by atoms with Gasteiger partial charge in [0.05, 0.1) is 5.54 Å². The third kappa shape index (κ3) is 1.04. The Morgan fingerprint density at radius 2 is 1.92 bits per heavy atom. The van der Waals surface area contributed by atoms with Crippen molar-refractivity contribution in [3.8, 4) is 0 Å². The molecule has 0 bridgehead atoms. The van der Waals surface area contributed by atoms with E-state index >= 15 is 0 Å². The Kier molecular flexibility index (Phi) is 2.22. The molecule has 6 heteroatoms. The number of hydrogen-bond donors (Lipinski definition) is 0. The largest absolute Gasteiger partial charge is 0.754 e. The van der Waals surface area contributed by atoms with E-state index in [1.165, 1.54) is 7.11 Å². The Labute approximate surface area is 81.9 Å². The van der Waals surface area contributed by atoms with Crippen LogP contribution in [0.1, 0.15) is 20.8 Å². The van der Waals surface area contributed by atoms with E-state index in [-0.39, 0.29) is 0 Å². The molecule has 13 heavy (non-hydrogen) atoms. The summed E-state index contributed by atoms with van der Waals surface area (Å²) in [4.78, 5) is 11.2. The van der Waals surface area contributed by atoms with Gasteiger partial charge >= 0.3 is 6.03 Å². The second kappa shape index (κ2) is 2.73. The van der Waals surface area contributed by atoms with Crippen LogP contribution in [0.2, 0.25) is 0 Å². The summed E-state index contributed by atoms with van der Waals surface area (Å²) < 4.78 is 5.89. The van der Waals surface area contributed by atoms with Crippen molar-refractivity contribution in [3.63, 3.8) is 0 Å². The topological polar surface area (TPSA) is 55.8 Å². The van der Waals surface area contributed by atoms with Crippen molar-refractivity contribution in [2.24, 2.45) is 0 Å². The van der Waals surface area contributed by atoms with Crippen molar-refractivity contribution < 1.29 is 9.53 Å². The lowest BCUT2D eigenvalue weighted by Gasteiger charge is -2.43. The van der Waals surface area contributed by atoms with Crippen LogP contribution in [0.3, 0.4) is 0 Å². The van der Waals surface area contributed by atoms with E-state index in [2.05, 4.69) is 0 Å². The minimum absolute atomic E-state index is 0.323. The molecule has 0 saturated carbocycles. The van der Waals surface area contributed by atoms with Gasteiger partial charge < -0.3 is 15.0 Å². The first-order valence-electron chi connectivity index (χ1n) is 3.81. The molecule has 0 aliphatic carbocycles. The summed E-state index contributed by atoms with van der Waals surface area (Å²) in [5, 5.41) is 11.7. The lowest BCUT2D eigenvalue weighted by atomic mass is 9.94. The molecule has 0 aromatic heterocycles. The number of urea groups is 1. The molecular weight excluding hydrogens is 196 g/mol. The van der Waals surface area contributed by atoms with E-state index in [9.17, 15) is 10.0 Å². The molecule has 0 spiro atoms. The fourth-order valence-electron chi connectivity index (χ4n) is 1.26. The Bertz CT molecular complexity index is 246. The van der Waals surface area contributed by atoms with E-state index in [1.54, 1.807) is 20.8 Å². The molecule has 0 aromatic carbocycles. The van der Waals surface area contributed by atoms with E-state index in [4.69, 9.17) is 16.5 Å². The molecule has 1 aliphatic rings. The maximum atomic E-state index is 11.4. The number of methoxy groups -OCH3 is 1. The third-order valence-electron chi connectivity index (χ3n) is 2.76. The highest BCUT2D eigenvalue weighted by Crippen LogP contribution is 2.42. The molecule has 0 aromatic rings. The molecule has 1 heterocycles. The number of ether oxygens (including phenoxy) is 1. The summed E-state index contributed by atoms with van der Waals surface area (Å²) in [6.07, 6.45) is 0. The van der Waals surface area contributed by atoms with Crippen LogP contribution in [0.4, 0.5) is 4.79 Å². The smallest absolute Gasteiger partial charge is 0.327 e. The SMILES string of the molecule is COC1(C)N(Cl)C(=O)N([O-])C1(C)C. The molecule has 5 nitrogen and oxygen atoms in total. The number of carbonyl (C=O) groups is 1. The third-order valence-corrected chi connectivity index (χ3v) is 3.22. The average molecular weight is 208 g/mol. The van der Waals surface area contributed by atoms with Gasteiger partial charge in [-0.3, -0.25) is 0 Å². The van der Waals surface area contributed by atoms with E-state index in [1.807, 2.05) is 0 Å². The normalized spacial score (nSPS) is 32.9. The summed E-state index contributed by atoms with van der Waals surface area (Å²) in [7, 11) is 1.41. The number of amides is 2. The average Bonchev–Trinajstić information content (AvgIpc) is 2.20. The Hall–Kier alpha value is -0.520. The van der Waals surface area contributed by atoms with Crippen LogP contribution in [0.15, 0.2) is 0 Å². The number of hydroxylamine groups is 2. The van der Waals surface area contributed by atoms with Gasteiger partial charge in [-0.25, -0.2) is 9.21 Å². The Morgan fingerprint density at radius 1 is 1.46 bits per heavy atom. The molecule has 0 N–H and O–H groups in total. The van der Waals surface area contributed by atoms with Gasteiger partial charge in [-0.2, -0.15) is 0 Å². The fourth-order valence-corrected chi connectivity index (χ4v) is 1.60. The van der Waals surface area contributed by atoms with E-state index in [0.29, 0.717) is 5.06 Å². The zero-order valence-electron chi connectivity index (χ0n) is 8.00. The maximum absolute atomic E-state index is 11.4. The molecule has 1 rings (SSSR count). The molecule has 1 aliphatic heterocycles. The number of nitrogens with zero attached hydrogens (tertiary/aromatic N) is 2. The molecule has 1 atom stereocenters. The fraction of sp³-hybridized carbons (Fsp3) is 0.857. The number of halogens is 1. The van der Waals surface area contributed by atoms with Crippen molar-refractivity contribution in [3.05, 3.63) is 5.21 Å². The van der Waals surface area contributed by atoms with Crippen LogP contribution < -0.4 is 0 Å². The van der Waals surface area contributed by atoms with Crippen molar-refractivity contribution >= 4 is 17.8 Å². The van der Waals surface area contributed by atoms with Crippen LogP contribution in [0, 0.1) is 5.21 Å². The summed E-state index contributed by atoms with van der Waals surface area (Å²) in [6, 6.07) is -0.795. The zero-order valence-corrected chi connectivity index (χ0v) is 8.75. The van der Waals surface area contributed by atoms with Crippen LogP contribution in [-0.4, -0.2) is 33.9 Å².